The van der Waals surface area contributed by atoms with E-state index in [1.165, 1.54) is 0 Å². The fraction of sp³-hybridized carbons (Fsp3) is 0.273. The van der Waals surface area contributed by atoms with E-state index in [2.05, 4.69) is 4.98 Å². The summed E-state index contributed by atoms with van der Waals surface area (Å²) in [6.07, 6.45) is 1.72. The molecule has 3 nitrogen and oxygen atoms in total. The normalized spacial score (nSPS) is 13.3. The Kier molecular flexibility index (Phi) is 2.52. The van der Waals surface area contributed by atoms with Crippen LogP contribution in [0, 0.1) is 0 Å². The molecule has 1 aromatic heterocycles. The quantitative estimate of drug-likeness (QED) is 0.679. The number of nitrogens with one attached hydrogen (secondary N) is 1. The topological polar surface area (TPSA) is 56.2 Å². The molecule has 0 saturated carbocycles. The number of aromatic amines is 1. The second-order valence-electron chi connectivity index (χ2n) is 3.44. The number of aliphatic hydroxyl groups excluding tert-OH is 2. The molecule has 0 saturated heterocycles. The van der Waals surface area contributed by atoms with Crippen LogP contribution in [0.2, 0.25) is 0 Å². The Morgan fingerprint density at radius 2 is 2.14 bits per heavy atom. The first kappa shape index (κ1) is 9.24. The monoisotopic (exact) mass is 191 g/mol. The number of benzene rings is 1. The summed E-state index contributed by atoms with van der Waals surface area (Å²) in [5, 5.41) is 19.1. The van der Waals surface area contributed by atoms with Crippen molar-refractivity contribution in [1.29, 1.82) is 0 Å². The molecule has 2 rings (SSSR count). The first-order chi connectivity index (χ1) is 6.79. The highest BCUT2D eigenvalue weighted by Gasteiger charge is 2.04. The third kappa shape index (κ3) is 1.78. The van der Waals surface area contributed by atoms with Gasteiger partial charge in [0.05, 0.1) is 12.7 Å². The van der Waals surface area contributed by atoms with E-state index in [0.717, 1.165) is 16.5 Å². The van der Waals surface area contributed by atoms with E-state index < -0.39 is 6.10 Å². The molecule has 74 valence electrons. The van der Waals surface area contributed by atoms with Gasteiger partial charge in [-0.15, -0.1) is 0 Å². The fourth-order valence-corrected chi connectivity index (χ4v) is 1.57. The lowest BCUT2D eigenvalue weighted by Crippen LogP contribution is -2.14. The molecule has 1 heterocycles. The molecule has 1 aromatic carbocycles. The van der Waals surface area contributed by atoms with Crippen molar-refractivity contribution in [1.82, 2.24) is 4.98 Å². The summed E-state index contributed by atoms with van der Waals surface area (Å²) in [5.74, 6) is 0. The van der Waals surface area contributed by atoms with Crippen LogP contribution in [0.3, 0.4) is 0 Å². The van der Waals surface area contributed by atoms with Crippen molar-refractivity contribution < 1.29 is 10.2 Å². The van der Waals surface area contributed by atoms with Crippen molar-refractivity contribution in [3.05, 3.63) is 36.0 Å². The summed E-state index contributed by atoms with van der Waals surface area (Å²) in [6, 6.07) is 7.95. The highest BCUT2D eigenvalue weighted by Crippen LogP contribution is 2.15. The molecule has 0 spiro atoms. The molecule has 0 aliphatic heterocycles. The molecule has 0 aliphatic carbocycles. The maximum Gasteiger partial charge on any atom is 0.0811 e. The van der Waals surface area contributed by atoms with Gasteiger partial charge in [-0.3, -0.25) is 0 Å². The van der Waals surface area contributed by atoms with Crippen LogP contribution in [0.15, 0.2) is 30.5 Å². The van der Waals surface area contributed by atoms with E-state index >= 15 is 0 Å². The molecule has 0 amide bonds. The predicted molar refractivity (Wildman–Crippen MR) is 55.1 cm³/mol. The lowest BCUT2D eigenvalue weighted by molar-refractivity contribution is 0.0955. The molecule has 3 heteroatoms. The van der Waals surface area contributed by atoms with E-state index in [1.54, 1.807) is 0 Å². The number of H-pyrrole nitrogens is 1. The predicted octanol–water partition coefficient (Wildman–Crippen LogP) is 1.06. The Morgan fingerprint density at radius 3 is 2.93 bits per heavy atom. The van der Waals surface area contributed by atoms with E-state index in [9.17, 15) is 5.11 Å². The Labute approximate surface area is 82.0 Å². The van der Waals surface area contributed by atoms with Gasteiger partial charge in [-0.25, -0.2) is 0 Å². The molecule has 2 aromatic rings. The van der Waals surface area contributed by atoms with Gasteiger partial charge in [0.15, 0.2) is 0 Å². The summed E-state index contributed by atoms with van der Waals surface area (Å²) in [5.41, 5.74) is 2.13. The van der Waals surface area contributed by atoms with Gasteiger partial charge < -0.3 is 15.2 Å². The smallest absolute Gasteiger partial charge is 0.0811 e. The summed E-state index contributed by atoms with van der Waals surface area (Å²) in [4.78, 5) is 3.10. The minimum absolute atomic E-state index is 0.189. The van der Waals surface area contributed by atoms with Gasteiger partial charge in [0.2, 0.25) is 0 Å². The largest absolute Gasteiger partial charge is 0.394 e. The number of hydrogen-bond acceptors (Lipinski definition) is 2. The van der Waals surface area contributed by atoms with Gasteiger partial charge in [-0.05, 0) is 29.1 Å². The SMILES string of the molecule is OCC(O)Cc1ccc2[nH]ccc2c1. The van der Waals surface area contributed by atoms with E-state index in [-0.39, 0.29) is 6.61 Å². The summed E-state index contributed by atoms with van der Waals surface area (Å²) in [6.45, 7) is -0.189. The first-order valence-corrected chi connectivity index (χ1v) is 4.64. The van der Waals surface area contributed by atoms with Crippen molar-refractivity contribution in [3.63, 3.8) is 0 Å². The van der Waals surface area contributed by atoms with Crippen molar-refractivity contribution in [3.8, 4) is 0 Å². The van der Waals surface area contributed by atoms with Gasteiger partial charge >= 0.3 is 0 Å². The molecule has 0 aliphatic rings. The van der Waals surface area contributed by atoms with Crippen molar-refractivity contribution in [2.75, 3.05) is 6.61 Å². The Hall–Kier alpha value is -1.32. The van der Waals surface area contributed by atoms with Crippen LogP contribution in [-0.2, 0) is 6.42 Å². The summed E-state index contributed by atoms with van der Waals surface area (Å²) >= 11 is 0. The Bertz CT molecular complexity index is 422. The van der Waals surface area contributed by atoms with E-state index in [4.69, 9.17) is 5.11 Å². The van der Waals surface area contributed by atoms with Gasteiger partial charge in [-0.2, -0.15) is 0 Å². The molecule has 3 N–H and O–H groups in total. The van der Waals surface area contributed by atoms with Gasteiger partial charge in [0, 0.05) is 18.1 Å². The van der Waals surface area contributed by atoms with Crippen molar-refractivity contribution in [2.45, 2.75) is 12.5 Å². The van der Waals surface area contributed by atoms with Crippen LogP contribution < -0.4 is 0 Å². The summed E-state index contributed by atoms with van der Waals surface area (Å²) < 4.78 is 0. The van der Waals surface area contributed by atoms with Crippen LogP contribution >= 0.6 is 0 Å². The first-order valence-electron chi connectivity index (χ1n) is 4.64. The number of aromatic nitrogens is 1. The highest BCUT2D eigenvalue weighted by molar-refractivity contribution is 5.79. The number of hydrogen-bond donors (Lipinski definition) is 3. The molecular formula is C11H13NO2. The van der Waals surface area contributed by atoms with Crippen LogP contribution in [0.25, 0.3) is 10.9 Å². The van der Waals surface area contributed by atoms with Crippen LogP contribution in [-0.4, -0.2) is 27.9 Å². The van der Waals surface area contributed by atoms with Crippen molar-refractivity contribution in [2.24, 2.45) is 0 Å². The third-order valence-electron chi connectivity index (χ3n) is 2.30. The Balaban J connectivity index is 2.25. The van der Waals surface area contributed by atoms with Gasteiger partial charge in [-0.1, -0.05) is 6.07 Å². The van der Waals surface area contributed by atoms with Crippen LogP contribution in [0.4, 0.5) is 0 Å². The molecular weight excluding hydrogens is 178 g/mol. The minimum atomic E-state index is -0.661. The minimum Gasteiger partial charge on any atom is -0.394 e. The zero-order chi connectivity index (χ0) is 9.97. The van der Waals surface area contributed by atoms with Crippen molar-refractivity contribution >= 4 is 10.9 Å². The molecule has 0 radical (unpaired) electrons. The Morgan fingerprint density at radius 1 is 1.29 bits per heavy atom. The summed E-state index contributed by atoms with van der Waals surface area (Å²) in [7, 11) is 0. The zero-order valence-corrected chi connectivity index (χ0v) is 7.77. The van der Waals surface area contributed by atoms with Crippen LogP contribution in [0.5, 0.6) is 0 Å². The maximum atomic E-state index is 9.28. The second kappa shape index (κ2) is 3.82. The third-order valence-corrected chi connectivity index (χ3v) is 2.30. The maximum absolute atomic E-state index is 9.28. The molecule has 0 bridgehead atoms. The zero-order valence-electron chi connectivity index (χ0n) is 7.77. The van der Waals surface area contributed by atoms with Crippen LogP contribution in [0.1, 0.15) is 5.56 Å². The highest BCUT2D eigenvalue weighted by atomic mass is 16.3. The van der Waals surface area contributed by atoms with E-state index in [0.29, 0.717) is 6.42 Å². The average Bonchev–Trinajstić information content (AvgIpc) is 2.64. The average molecular weight is 191 g/mol. The van der Waals surface area contributed by atoms with Gasteiger partial charge in [0.25, 0.3) is 0 Å². The lowest BCUT2D eigenvalue weighted by atomic mass is 10.1. The molecule has 0 fully saturated rings. The molecule has 1 atom stereocenters. The second-order valence-corrected chi connectivity index (χ2v) is 3.44. The van der Waals surface area contributed by atoms with E-state index in [1.807, 2.05) is 30.5 Å². The number of aliphatic hydroxyl groups is 2. The standard InChI is InChI=1S/C11H13NO2/c13-7-10(14)6-8-1-2-11-9(5-8)3-4-12-11/h1-5,10,12-14H,6-7H2. The lowest BCUT2D eigenvalue weighted by Gasteiger charge is -2.06. The van der Waals surface area contributed by atoms with Gasteiger partial charge in [0.1, 0.15) is 0 Å². The molecule has 1 unspecified atom stereocenters. The fourth-order valence-electron chi connectivity index (χ4n) is 1.57. The molecule has 14 heavy (non-hydrogen) atoms. The number of rotatable bonds is 3. The number of fused-ring (bicyclic) bond motifs is 1.